The quantitative estimate of drug-likeness (QED) is 0.323. The molecule has 0 unspecified atom stereocenters. The van der Waals surface area contributed by atoms with Gasteiger partial charge >= 0.3 is 6.92 Å². The van der Waals surface area contributed by atoms with Crippen molar-refractivity contribution in [2.75, 3.05) is 0 Å². The Hall–Kier alpha value is -1.09. The molecule has 4 aliphatic carbocycles. The zero-order chi connectivity index (χ0) is 22.8. The summed E-state index contributed by atoms with van der Waals surface area (Å²) in [6, 6.07) is 4.28. The van der Waals surface area contributed by atoms with Gasteiger partial charge in [-0.3, -0.25) is 4.98 Å². The van der Waals surface area contributed by atoms with Gasteiger partial charge < -0.3 is 4.65 Å². The molecule has 1 aromatic rings. The molecular weight excluding hydrogens is 389 g/mol. The standard InChI is InChI=1S/C29H44BNO/c1-8-9-27(20-10-12-31-13-11-20)32-30(25-16-23-21(14-18(25)2)28(23,4)5)26-17-24-22(15-19(26)3)29(24,6)7/h8,10-13,18-19,21-27H,1,9,14-17H2,2-7H3/t18-,19-,21-,22-,23+,24+,25-,26-,27+/m1/s1. The maximum Gasteiger partial charge on any atom is 0.300 e. The van der Waals surface area contributed by atoms with Crippen molar-refractivity contribution in [2.45, 2.75) is 91.4 Å². The summed E-state index contributed by atoms with van der Waals surface area (Å²) in [5, 5.41) is 0. The van der Waals surface area contributed by atoms with Crippen LogP contribution in [-0.2, 0) is 4.65 Å². The van der Waals surface area contributed by atoms with Crippen LogP contribution in [-0.4, -0.2) is 11.9 Å². The van der Waals surface area contributed by atoms with E-state index in [1.54, 1.807) is 0 Å². The lowest BCUT2D eigenvalue weighted by atomic mass is 9.38. The first-order valence-electron chi connectivity index (χ1n) is 13.3. The lowest BCUT2D eigenvalue weighted by Gasteiger charge is -2.42. The van der Waals surface area contributed by atoms with Gasteiger partial charge in [0.2, 0.25) is 0 Å². The maximum absolute atomic E-state index is 7.27. The normalized spacial score (nSPS) is 41.7. The first-order chi connectivity index (χ1) is 15.2. The fraction of sp³-hybridized carbons (Fsp3) is 0.759. The number of aromatic nitrogens is 1. The van der Waals surface area contributed by atoms with E-state index >= 15 is 0 Å². The molecule has 0 saturated heterocycles. The van der Waals surface area contributed by atoms with Crippen molar-refractivity contribution < 1.29 is 4.65 Å². The summed E-state index contributed by atoms with van der Waals surface area (Å²) in [5.74, 6) is 6.54. The molecule has 0 bridgehead atoms. The number of hydrogen-bond acceptors (Lipinski definition) is 2. The molecule has 0 radical (unpaired) electrons. The molecule has 9 atom stereocenters. The van der Waals surface area contributed by atoms with Gasteiger partial charge in [0.15, 0.2) is 0 Å². The second-order valence-electron chi connectivity index (χ2n) is 13.2. The van der Waals surface area contributed by atoms with Crippen LogP contribution in [0.4, 0.5) is 0 Å². The summed E-state index contributed by atoms with van der Waals surface area (Å²) in [7, 11) is 0. The Labute approximate surface area is 197 Å². The third-order valence-corrected chi connectivity index (χ3v) is 11.0. The van der Waals surface area contributed by atoms with Crippen LogP contribution >= 0.6 is 0 Å². The molecule has 0 N–H and O–H groups in total. The van der Waals surface area contributed by atoms with E-state index in [0.717, 1.165) is 41.9 Å². The van der Waals surface area contributed by atoms with Gasteiger partial charge in [-0.15, -0.1) is 6.58 Å². The number of fused-ring (bicyclic) bond motifs is 2. The molecule has 4 saturated carbocycles. The summed E-state index contributed by atoms with van der Waals surface area (Å²) in [4.78, 5) is 4.25. The highest BCUT2D eigenvalue weighted by Gasteiger charge is 2.65. The smallest absolute Gasteiger partial charge is 0.300 e. The van der Waals surface area contributed by atoms with Crippen LogP contribution in [0, 0.1) is 46.3 Å². The monoisotopic (exact) mass is 433 g/mol. The summed E-state index contributed by atoms with van der Waals surface area (Å²) >= 11 is 0. The van der Waals surface area contributed by atoms with Gasteiger partial charge in [0.25, 0.3) is 0 Å². The van der Waals surface area contributed by atoms with Gasteiger partial charge in [-0.2, -0.15) is 0 Å². The third kappa shape index (κ3) is 3.71. The van der Waals surface area contributed by atoms with Crippen molar-refractivity contribution in [1.29, 1.82) is 0 Å². The molecule has 3 heteroatoms. The second kappa shape index (κ2) is 8.00. The molecule has 0 spiro atoms. The van der Waals surface area contributed by atoms with E-state index in [0.29, 0.717) is 29.4 Å². The molecule has 4 fully saturated rings. The molecule has 32 heavy (non-hydrogen) atoms. The number of hydrogen-bond donors (Lipinski definition) is 0. The van der Waals surface area contributed by atoms with Crippen molar-refractivity contribution in [3.8, 4) is 0 Å². The average Bonchev–Trinajstić information content (AvgIpc) is 3.51. The number of nitrogens with zero attached hydrogens (tertiary/aromatic N) is 1. The first-order valence-corrected chi connectivity index (χ1v) is 13.3. The summed E-state index contributed by atoms with van der Waals surface area (Å²) in [6.45, 7) is 19.5. The Morgan fingerprint density at radius 2 is 1.41 bits per heavy atom. The molecule has 2 nitrogen and oxygen atoms in total. The average molecular weight is 433 g/mol. The minimum atomic E-state index is 0.0924. The van der Waals surface area contributed by atoms with E-state index in [4.69, 9.17) is 4.65 Å². The van der Waals surface area contributed by atoms with Crippen LogP contribution in [0.15, 0.2) is 37.2 Å². The Kier molecular flexibility index (Phi) is 5.67. The highest BCUT2D eigenvalue weighted by atomic mass is 16.4. The van der Waals surface area contributed by atoms with Crippen LogP contribution in [0.3, 0.4) is 0 Å². The highest BCUT2D eigenvalue weighted by molar-refractivity contribution is 6.55. The first kappa shape index (κ1) is 22.7. The number of rotatable bonds is 7. The van der Waals surface area contributed by atoms with Gasteiger partial charge in [0.05, 0.1) is 6.10 Å². The largest absolute Gasteiger partial charge is 0.428 e. The maximum atomic E-state index is 7.27. The minimum Gasteiger partial charge on any atom is -0.428 e. The van der Waals surface area contributed by atoms with Crippen molar-refractivity contribution in [2.24, 2.45) is 46.3 Å². The van der Waals surface area contributed by atoms with Crippen LogP contribution in [0.2, 0.25) is 11.6 Å². The Bertz CT molecular complexity index is 793. The van der Waals surface area contributed by atoms with Crippen molar-refractivity contribution in [3.05, 3.63) is 42.7 Å². The Balaban J connectivity index is 1.44. The zero-order valence-corrected chi connectivity index (χ0v) is 21.3. The SMILES string of the molecule is C=CC[C@H](OB([C@@H]1C[C@H]2[C@@H](C[C@H]1C)C2(C)C)[C@@H]1C[C@H]2[C@@H](C[C@H]1C)C2(C)C)c1ccncc1. The summed E-state index contributed by atoms with van der Waals surface area (Å²) < 4.78 is 7.27. The van der Waals surface area contributed by atoms with E-state index in [2.05, 4.69) is 65.2 Å². The molecule has 1 aromatic heterocycles. The summed E-state index contributed by atoms with van der Waals surface area (Å²) in [6.07, 6.45) is 12.3. The minimum absolute atomic E-state index is 0.0924. The highest BCUT2D eigenvalue weighted by Crippen LogP contribution is 2.71. The van der Waals surface area contributed by atoms with Crippen LogP contribution in [0.5, 0.6) is 0 Å². The Morgan fingerprint density at radius 3 is 1.88 bits per heavy atom. The van der Waals surface area contributed by atoms with Gasteiger partial charge in [0, 0.05) is 12.4 Å². The van der Waals surface area contributed by atoms with Crippen molar-refractivity contribution >= 4 is 6.92 Å². The Morgan fingerprint density at radius 1 is 0.938 bits per heavy atom. The van der Waals surface area contributed by atoms with Crippen molar-refractivity contribution in [1.82, 2.24) is 4.98 Å². The molecule has 0 aromatic carbocycles. The van der Waals surface area contributed by atoms with Gasteiger partial charge in [-0.05, 0) is 94.9 Å². The van der Waals surface area contributed by atoms with Gasteiger partial charge in [-0.1, -0.05) is 60.5 Å². The fourth-order valence-electron chi connectivity index (χ4n) is 8.41. The number of pyridine rings is 1. The molecule has 1 heterocycles. The van der Waals surface area contributed by atoms with Crippen LogP contribution in [0.25, 0.3) is 0 Å². The lowest BCUT2D eigenvalue weighted by molar-refractivity contribution is 0.173. The van der Waals surface area contributed by atoms with E-state index in [9.17, 15) is 0 Å². The molecule has 174 valence electrons. The van der Waals surface area contributed by atoms with E-state index in [-0.39, 0.29) is 6.10 Å². The predicted octanol–water partition coefficient (Wildman–Crippen LogP) is 7.85. The third-order valence-electron chi connectivity index (χ3n) is 11.0. The topological polar surface area (TPSA) is 22.1 Å². The van der Waals surface area contributed by atoms with E-state index in [1.165, 1.54) is 31.2 Å². The fourth-order valence-corrected chi connectivity index (χ4v) is 8.41. The van der Waals surface area contributed by atoms with E-state index < -0.39 is 0 Å². The van der Waals surface area contributed by atoms with Crippen LogP contribution in [0.1, 0.15) is 85.3 Å². The molecular formula is C29H44BNO. The van der Waals surface area contributed by atoms with Crippen LogP contribution < -0.4 is 0 Å². The van der Waals surface area contributed by atoms with Crippen molar-refractivity contribution in [3.63, 3.8) is 0 Å². The van der Waals surface area contributed by atoms with Gasteiger partial charge in [0.1, 0.15) is 0 Å². The molecule has 0 aliphatic heterocycles. The second-order valence-corrected chi connectivity index (χ2v) is 13.2. The summed E-state index contributed by atoms with van der Waals surface area (Å²) in [5.41, 5.74) is 2.34. The predicted molar refractivity (Wildman–Crippen MR) is 134 cm³/mol. The van der Waals surface area contributed by atoms with E-state index in [1.807, 2.05) is 18.5 Å². The van der Waals surface area contributed by atoms with Gasteiger partial charge in [-0.25, -0.2) is 0 Å². The lowest BCUT2D eigenvalue weighted by Crippen LogP contribution is -2.40. The molecule has 0 amide bonds. The molecule has 4 aliphatic rings. The molecule has 5 rings (SSSR count). The zero-order valence-electron chi connectivity index (χ0n) is 21.3.